The average Bonchev–Trinajstić information content (AvgIpc) is 2.78. The van der Waals surface area contributed by atoms with Gasteiger partial charge in [0, 0.05) is 22.4 Å². The molecule has 2 rings (SSSR count). The number of rotatable bonds is 3. The smallest absolute Gasteiger partial charge is 0.272 e. The Bertz CT molecular complexity index is 666. The fourth-order valence-corrected chi connectivity index (χ4v) is 2.55. The van der Waals surface area contributed by atoms with Crippen molar-refractivity contribution in [3.63, 3.8) is 0 Å². The molecule has 0 unspecified atom stereocenters. The molecule has 0 aliphatic heterocycles. The monoisotopic (exact) mass is 349 g/mol. The van der Waals surface area contributed by atoms with Crippen LogP contribution in [0.2, 0.25) is 0 Å². The molecule has 1 amide bonds. The van der Waals surface area contributed by atoms with Crippen molar-refractivity contribution in [3.8, 4) is 0 Å². The van der Waals surface area contributed by atoms with E-state index in [0.717, 1.165) is 21.3 Å². The summed E-state index contributed by atoms with van der Waals surface area (Å²) >= 11 is 3.53. The number of amides is 1. The van der Waals surface area contributed by atoms with E-state index in [2.05, 4.69) is 21.2 Å². The van der Waals surface area contributed by atoms with Gasteiger partial charge in [0.05, 0.1) is 5.69 Å². The van der Waals surface area contributed by atoms with Gasteiger partial charge < -0.3 is 15.6 Å². The molecule has 1 heterocycles. The topological polar surface area (TPSA) is 60.1 Å². The molecule has 0 bridgehead atoms. The lowest BCUT2D eigenvalue weighted by Gasteiger charge is -2.14. The maximum Gasteiger partial charge on any atom is 0.272 e. The van der Waals surface area contributed by atoms with Crippen LogP contribution in [0.3, 0.4) is 0 Å². The van der Waals surface area contributed by atoms with Crippen LogP contribution in [-0.2, 0) is 0 Å². The fourth-order valence-electron chi connectivity index (χ4n) is 2.32. The number of benzene rings is 1. The zero-order valence-corrected chi connectivity index (χ0v) is 14.3. The molecule has 5 heteroatoms. The first-order valence-corrected chi connectivity index (χ1v) is 7.64. The molecule has 3 N–H and O–H groups in total. The van der Waals surface area contributed by atoms with Gasteiger partial charge in [-0.1, -0.05) is 15.9 Å². The molecular weight excluding hydrogens is 330 g/mol. The predicted octanol–water partition coefficient (Wildman–Crippen LogP) is 4.28. The summed E-state index contributed by atoms with van der Waals surface area (Å²) in [5.41, 5.74) is 9.93. The highest BCUT2D eigenvalue weighted by Gasteiger charge is 2.15. The van der Waals surface area contributed by atoms with Crippen LogP contribution in [-0.4, -0.2) is 10.5 Å². The number of hydrogen-bond acceptors (Lipinski definition) is 2. The number of nitrogen functional groups attached to an aromatic ring is 1. The number of nitrogens with two attached hydrogens (primary N) is 1. The zero-order valence-electron chi connectivity index (χ0n) is 12.7. The lowest BCUT2D eigenvalue weighted by Crippen LogP contribution is -2.18. The summed E-state index contributed by atoms with van der Waals surface area (Å²) in [6, 6.07) is 5.77. The minimum Gasteiger partial charge on any atom is -0.397 e. The van der Waals surface area contributed by atoms with Gasteiger partial charge in [-0.25, -0.2) is 0 Å². The predicted molar refractivity (Wildman–Crippen MR) is 90.8 cm³/mol. The van der Waals surface area contributed by atoms with E-state index >= 15 is 0 Å². The molecule has 1 aromatic carbocycles. The Balaban J connectivity index is 2.30. The first-order chi connectivity index (χ1) is 9.79. The molecule has 4 nitrogen and oxygen atoms in total. The normalized spacial score (nSPS) is 11.0. The first-order valence-electron chi connectivity index (χ1n) is 6.85. The number of aromatic nitrogens is 1. The summed E-state index contributed by atoms with van der Waals surface area (Å²) in [5.74, 6) is -0.151. The van der Waals surface area contributed by atoms with Crippen molar-refractivity contribution in [2.75, 3.05) is 11.1 Å². The number of nitrogens with zero attached hydrogens (tertiary/aromatic N) is 1. The van der Waals surface area contributed by atoms with E-state index in [-0.39, 0.29) is 11.9 Å². The number of nitrogens with one attached hydrogen (secondary N) is 1. The van der Waals surface area contributed by atoms with E-state index in [9.17, 15) is 4.79 Å². The van der Waals surface area contributed by atoms with Gasteiger partial charge in [0.15, 0.2) is 0 Å². The lowest BCUT2D eigenvalue weighted by atomic mass is 10.1. The number of anilines is 2. The van der Waals surface area contributed by atoms with Crippen LogP contribution >= 0.6 is 15.9 Å². The van der Waals surface area contributed by atoms with Crippen molar-refractivity contribution >= 4 is 33.2 Å². The third kappa shape index (κ3) is 3.29. The van der Waals surface area contributed by atoms with E-state index in [1.54, 1.807) is 12.3 Å². The molecule has 0 aliphatic rings. The maximum absolute atomic E-state index is 12.5. The van der Waals surface area contributed by atoms with Gasteiger partial charge in [0.2, 0.25) is 0 Å². The van der Waals surface area contributed by atoms with E-state index in [4.69, 9.17) is 5.73 Å². The Labute approximate surface area is 133 Å². The molecule has 2 aromatic rings. The summed E-state index contributed by atoms with van der Waals surface area (Å²) in [6.45, 7) is 8.04. The highest BCUT2D eigenvalue weighted by molar-refractivity contribution is 9.10. The number of carbonyl (C=O) groups excluding carboxylic acids is 1. The van der Waals surface area contributed by atoms with E-state index < -0.39 is 0 Å². The molecular formula is C16H20BrN3O. The fraction of sp³-hybridized carbons (Fsp3) is 0.312. The lowest BCUT2D eigenvalue weighted by molar-refractivity contribution is 0.101. The number of carbonyl (C=O) groups is 1. The van der Waals surface area contributed by atoms with Gasteiger partial charge in [-0.2, -0.15) is 0 Å². The molecule has 0 saturated heterocycles. The molecule has 0 spiro atoms. The van der Waals surface area contributed by atoms with Crippen LogP contribution in [0.4, 0.5) is 11.4 Å². The Morgan fingerprint density at radius 3 is 2.33 bits per heavy atom. The van der Waals surface area contributed by atoms with Crippen molar-refractivity contribution in [3.05, 3.63) is 45.7 Å². The van der Waals surface area contributed by atoms with Crippen molar-refractivity contribution in [1.82, 2.24) is 4.57 Å². The zero-order chi connectivity index (χ0) is 15.7. The molecule has 0 radical (unpaired) electrons. The van der Waals surface area contributed by atoms with Gasteiger partial charge >= 0.3 is 0 Å². The molecule has 0 fully saturated rings. The quantitative estimate of drug-likeness (QED) is 0.868. The maximum atomic E-state index is 12.5. The molecule has 0 atom stereocenters. The van der Waals surface area contributed by atoms with Crippen LogP contribution in [0.5, 0.6) is 0 Å². The SMILES string of the molecule is Cc1cc(NC(=O)c2cc(N)cn2C(C)C)cc(C)c1Br. The Morgan fingerprint density at radius 1 is 1.24 bits per heavy atom. The van der Waals surface area contributed by atoms with Crippen LogP contribution < -0.4 is 11.1 Å². The molecule has 1 aromatic heterocycles. The average molecular weight is 350 g/mol. The number of aryl methyl sites for hydroxylation is 2. The van der Waals surface area contributed by atoms with E-state index in [0.29, 0.717) is 11.4 Å². The van der Waals surface area contributed by atoms with Gasteiger partial charge in [-0.15, -0.1) is 0 Å². The van der Waals surface area contributed by atoms with Crippen molar-refractivity contribution in [2.45, 2.75) is 33.7 Å². The summed E-state index contributed by atoms with van der Waals surface area (Å²) in [6.07, 6.45) is 1.79. The van der Waals surface area contributed by atoms with Crippen molar-refractivity contribution in [1.29, 1.82) is 0 Å². The van der Waals surface area contributed by atoms with Crippen LogP contribution in [0.1, 0.15) is 41.5 Å². The van der Waals surface area contributed by atoms with Gasteiger partial charge in [-0.05, 0) is 57.0 Å². The van der Waals surface area contributed by atoms with Gasteiger partial charge in [0.1, 0.15) is 5.69 Å². The summed E-state index contributed by atoms with van der Waals surface area (Å²) in [4.78, 5) is 12.5. The number of hydrogen-bond donors (Lipinski definition) is 2. The van der Waals surface area contributed by atoms with E-state index in [1.165, 1.54) is 0 Å². The molecule has 21 heavy (non-hydrogen) atoms. The van der Waals surface area contributed by atoms with Gasteiger partial charge in [0.25, 0.3) is 5.91 Å². The highest BCUT2D eigenvalue weighted by Crippen LogP contribution is 2.26. The van der Waals surface area contributed by atoms with Crippen molar-refractivity contribution in [2.24, 2.45) is 0 Å². The minimum atomic E-state index is -0.151. The first kappa shape index (κ1) is 15.6. The van der Waals surface area contributed by atoms with Crippen LogP contribution in [0.25, 0.3) is 0 Å². The Morgan fingerprint density at radius 2 is 1.81 bits per heavy atom. The van der Waals surface area contributed by atoms with Crippen LogP contribution in [0.15, 0.2) is 28.9 Å². The third-order valence-electron chi connectivity index (χ3n) is 3.35. The summed E-state index contributed by atoms with van der Waals surface area (Å²) < 4.78 is 2.94. The second-order valence-electron chi connectivity index (χ2n) is 5.54. The van der Waals surface area contributed by atoms with E-state index in [1.807, 2.05) is 44.4 Å². The standard InChI is InChI=1S/C16H20BrN3O/c1-9(2)20-8-12(18)7-14(20)16(21)19-13-5-10(3)15(17)11(4)6-13/h5-9H,18H2,1-4H3,(H,19,21). The minimum absolute atomic E-state index is 0.151. The number of halogens is 1. The summed E-state index contributed by atoms with van der Waals surface area (Å²) in [5, 5.41) is 2.94. The molecule has 112 valence electrons. The molecule has 0 saturated carbocycles. The third-order valence-corrected chi connectivity index (χ3v) is 4.60. The second kappa shape index (κ2) is 5.93. The summed E-state index contributed by atoms with van der Waals surface area (Å²) in [7, 11) is 0. The largest absolute Gasteiger partial charge is 0.397 e. The Hall–Kier alpha value is -1.75. The molecule has 0 aliphatic carbocycles. The van der Waals surface area contributed by atoms with Crippen molar-refractivity contribution < 1.29 is 4.79 Å². The van der Waals surface area contributed by atoms with Gasteiger partial charge in [-0.3, -0.25) is 4.79 Å². The van der Waals surface area contributed by atoms with Crippen LogP contribution in [0, 0.1) is 13.8 Å². The second-order valence-corrected chi connectivity index (χ2v) is 6.33. The Kier molecular flexibility index (Phi) is 4.42. The highest BCUT2D eigenvalue weighted by atomic mass is 79.9.